The van der Waals surface area contributed by atoms with E-state index in [1.807, 2.05) is 25.1 Å². The Morgan fingerprint density at radius 1 is 1.39 bits per heavy atom. The van der Waals surface area contributed by atoms with Crippen LogP contribution < -0.4 is 0 Å². The summed E-state index contributed by atoms with van der Waals surface area (Å²) in [4.78, 5) is 4.24. The van der Waals surface area contributed by atoms with Crippen molar-refractivity contribution in [2.24, 2.45) is 0 Å². The monoisotopic (exact) mass is 266 g/mol. The Morgan fingerprint density at radius 3 is 2.89 bits per heavy atom. The number of hydrogen-bond donors (Lipinski definition) is 1. The van der Waals surface area contributed by atoms with E-state index < -0.39 is 6.10 Å². The van der Waals surface area contributed by atoms with Crippen LogP contribution >= 0.6 is 11.6 Å². The quantitative estimate of drug-likeness (QED) is 0.903. The molecule has 0 fully saturated rings. The van der Waals surface area contributed by atoms with Crippen LogP contribution in [0, 0.1) is 0 Å². The van der Waals surface area contributed by atoms with Crippen LogP contribution in [-0.2, 0) is 6.42 Å². The van der Waals surface area contributed by atoms with Crippen LogP contribution in [0.1, 0.15) is 25.7 Å². The summed E-state index contributed by atoms with van der Waals surface area (Å²) >= 11 is 6.05. The molecule has 0 radical (unpaired) electrons. The van der Waals surface area contributed by atoms with Crippen molar-refractivity contribution in [2.45, 2.75) is 32.3 Å². The van der Waals surface area contributed by atoms with Crippen molar-refractivity contribution in [3.8, 4) is 11.4 Å². The van der Waals surface area contributed by atoms with Crippen molar-refractivity contribution in [3.63, 3.8) is 0 Å². The highest BCUT2D eigenvalue weighted by Gasteiger charge is 2.14. The number of aliphatic hydroxyl groups excluding tert-OH is 1. The second kappa shape index (κ2) is 5.98. The summed E-state index contributed by atoms with van der Waals surface area (Å²) in [5, 5.41) is 14.1. The molecule has 0 amide bonds. The van der Waals surface area contributed by atoms with Gasteiger partial charge in [0.1, 0.15) is 0 Å². The lowest BCUT2D eigenvalue weighted by Crippen LogP contribution is -2.09. The summed E-state index contributed by atoms with van der Waals surface area (Å²) in [6.07, 6.45) is 1.59. The molecule has 2 aromatic rings. The molecule has 0 bridgehead atoms. The Kier molecular flexibility index (Phi) is 4.33. The molecule has 0 aliphatic heterocycles. The first-order valence-corrected chi connectivity index (χ1v) is 6.34. The van der Waals surface area contributed by atoms with Crippen LogP contribution in [0.25, 0.3) is 11.4 Å². The third-order valence-electron chi connectivity index (χ3n) is 2.61. The Balaban J connectivity index is 2.13. The molecule has 0 saturated heterocycles. The van der Waals surface area contributed by atoms with E-state index in [0.29, 0.717) is 23.2 Å². The second-order valence-corrected chi connectivity index (χ2v) is 4.55. The molecule has 1 heterocycles. The molecule has 1 unspecified atom stereocenters. The van der Waals surface area contributed by atoms with Gasteiger partial charge in [0.2, 0.25) is 11.7 Å². The van der Waals surface area contributed by atoms with Gasteiger partial charge in [-0.2, -0.15) is 4.98 Å². The van der Waals surface area contributed by atoms with Gasteiger partial charge >= 0.3 is 0 Å². The molecule has 1 aromatic carbocycles. The summed E-state index contributed by atoms with van der Waals surface area (Å²) in [6.45, 7) is 2.02. The van der Waals surface area contributed by atoms with Crippen molar-refractivity contribution in [3.05, 3.63) is 35.2 Å². The largest absolute Gasteiger partial charge is 0.393 e. The van der Waals surface area contributed by atoms with E-state index in [9.17, 15) is 5.11 Å². The topological polar surface area (TPSA) is 59.2 Å². The molecule has 96 valence electrons. The smallest absolute Gasteiger partial charge is 0.229 e. The van der Waals surface area contributed by atoms with Gasteiger partial charge in [-0.05, 0) is 18.6 Å². The lowest BCUT2D eigenvalue weighted by Gasteiger charge is -2.03. The average molecular weight is 267 g/mol. The van der Waals surface area contributed by atoms with Gasteiger partial charge in [-0.1, -0.05) is 42.2 Å². The zero-order valence-corrected chi connectivity index (χ0v) is 10.9. The predicted molar refractivity (Wildman–Crippen MR) is 69.4 cm³/mol. The molecule has 0 saturated carbocycles. The van der Waals surface area contributed by atoms with E-state index in [1.54, 1.807) is 6.07 Å². The molecule has 5 heteroatoms. The number of rotatable bonds is 5. The summed E-state index contributed by atoms with van der Waals surface area (Å²) < 4.78 is 5.11. The molecule has 4 nitrogen and oxygen atoms in total. The van der Waals surface area contributed by atoms with Crippen LogP contribution in [0.4, 0.5) is 0 Å². The molecule has 18 heavy (non-hydrogen) atoms. The average Bonchev–Trinajstić information content (AvgIpc) is 2.78. The van der Waals surface area contributed by atoms with Crippen LogP contribution in [0.5, 0.6) is 0 Å². The molecule has 0 aliphatic carbocycles. The number of halogens is 1. The van der Waals surface area contributed by atoms with E-state index in [2.05, 4.69) is 10.1 Å². The summed E-state index contributed by atoms with van der Waals surface area (Å²) in [5.41, 5.74) is 0.735. The summed E-state index contributed by atoms with van der Waals surface area (Å²) in [5.74, 6) is 0.894. The van der Waals surface area contributed by atoms with Crippen molar-refractivity contribution in [1.82, 2.24) is 10.1 Å². The fourth-order valence-electron chi connectivity index (χ4n) is 1.73. The minimum absolute atomic E-state index is 0.380. The first kappa shape index (κ1) is 13.1. The van der Waals surface area contributed by atoms with Crippen LogP contribution in [0.2, 0.25) is 5.02 Å². The zero-order valence-electron chi connectivity index (χ0n) is 10.1. The lowest BCUT2D eigenvalue weighted by atomic mass is 10.1. The predicted octanol–water partition coefficient (Wildman–Crippen LogP) is 3.09. The van der Waals surface area contributed by atoms with Crippen LogP contribution in [0.3, 0.4) is 0 Å². The summed E-state index contributed by atoms with van der Waals surface area (Å²) in [7, 11) is 0. The lowest BCUT2D eigenvalue weighted by molar-refractivity contribution is 0.152. The third-order valence-corrected chi connectivity index (χ3v) is 2.94. The molecule has 0 aliphatic rings. The molecular weight excluding hydrogens is 252 g/mol. The van der Waals surface area contributed by atoms with Gasteiger partial charge in [0.15, 0.2) is 0 Å². The van der Waals surface area contributed by atoms with E-state index in [1.165, 1.54) is 0 Å². The van der Waals surface area contributed by atoms with Gasteiger partial charge in [-0.25, -0.2) is 0 Å². The highest BCUT2D eigenvalue weighted by Crippen LogP contribution is 2.25. The maximum absolute atomic E-state index is 9.68. The fraction of sp³-hybridized carbons (Fsp3) is 0.385. The van der Waals surface area contributed by atoms with Gasteiger partial charge in [0.25, 0.3) is 0 Å². The van der Waals surface area contributed by atoms with Crippen molar-refractivity contribution in [1.29, 1.82) is 0 Å². The van der Waals surface area contributed by atoms with E-state index in [0.717, 1.165) is 18.4 Å². The molecule has 2 rings (SSSR count). The highest BCUT2D eigenvalue weighted by atomic mass is 35.5. The minimum Gasteiger partial charge on any atom is -0.393 e. The van der Waals surface area contributed by atoms with E-state index >= 15 is 0 Å². The van der Waals surface area contributed by atoms with Crippen LogP contribution in [0.15, 0.2) is 28.8 Å². The Morgan fingerprint density at radius 2 is 2.17 bits per heavy atom. The molecule has 1 N–H and O–H groups in total. The van der Waals surface area contributed by atoms with Crippen LogP contribution in [-0.4, -0.2) is 21.4 Å². The van der Waals surface area contributed by atoms with Gasteiger partial charge in [-0.3, -0.25) is 0 Å². The number of aliphatic hydroxyl groups is 1. The van der Waals surface area contributed by atoms with E-state index in [-0.39, 0.29) is 0 Å². The molecule has 1 aromatic heterocycles. The van der Waals surface area contributed by atoms with E-state index in [4.69, 9.17) is 16.1 Å². The Labute approximate surface area is 111 Å². The first-order chi connectivity index (χ1) is 8.70. The third kappa shape index (κ3) is 3.09. The number of aromatic nitrogens is 2. The highest BCUT2D eigenvalue weighted by molar-refractivity contribution is 6.33. The van der Waals surface area contributed by atoms with Gasteiger partial charge in [-0.15, -0.1) is 0 Å². The van der Waals surface area contributed by atoms with Gasteiger partial charge < -0.3 is 9.63 Å². The maximum atomic E-state index is 9.68. The van der Waals surface area contributed by atoms with Crippen molar-refractivity contribution < 1.29 is 9.63 Å². The fourth-order valence-corrected chi connectivity index (χ4v) is 1.95. The van der Waals surface area contributed by atoms with Crippen molar-refractivity contribution >= 4 is 11.6 Å². The Bertz CT molecular complexity index is 513. The van der Waals surface area contributed by atoms with Crippen molar-refractivity contribution in [2.75, 3.05) is 0 Å². The second-order valence-electron chi connectivity index (χ2n) is 4.14. The van der Waals surface area contributed by atoms with Gasteiger partial charge in [0.05, 0.1) is 17.5 Å². The normalized spacial score (nSPS) is 12.6. The Hall–Kier alpha value is -1.39. The SMILES string of the molecule is CCCC(O)Cc1nc(-c2ccccc2Cl)no1. The first-order valence-electron chi connectivity index (χ1n) is 5.96. The van der Waals surface area contributed by atoms with Gasteiger partial charge in [0, 0.05) is 5.56 Å². The molecule has 0 spiro atoms. The minimum atomic E-state index is -0.436. The molecular formula is C13H15ClN2O2. The zero-order chi connectivity index (χ0) is 13.0. The number of hydrogen-bond acceptors (Lipinski definition) is 4. The number of benzene rings is 1. The summed E-state index contributed by atoms with van der Waals surface area (Å²) in [6, 6.07) is 7.32. The maximum Gasteiger partial charge on any atom is 0.229 e. The standard InChI is InChI=1S/C13H15ClN2O2/c1-2-5-9(17)8-12-15-13(16-18-12)10-6-3-4-7-11(10)14/h3-4,6-7,9,17H,2,5,8H2,1H3. The molecule has 1 atom stereocenters. The number of nitrogens with zero attached hydrogens (tertiary/aromatic N) is 2.